The minimum atomic E-state index is -0.726. The molecule has 4 aromatic rings. The van der Waals surface area contributed by atoms with Crippen LogP contribution in [0.1, 0.15) is 16.7 Å². The summed E-state index contributed by atoms with van der Waals surface area (Å²) in [6, 6.07) is 23.8. The molecule has 3 nitrogen and oxygen atoms in total. The first-order valence-electron chi connectivity index (χ1n) is 8.02. The molecule has 0 radical (unpaired) electrons. The zero-order valence-corrected chi connectivity index (χ0v) is 14.5. The van der Waals surface area contributed by atoms with E-state index in [9.17, 15) is 5.11 Å². The van der Waals surface area contributed by atoms with Gasteiger partial charge < -0.3 is 9.84 Å². The number of methoxy groups -OCH3 is 1. The summed E-state index contributed by atoms with van der Waals surface area (Å²) in [5, 5.41) is 11.5. The standard InChI is InChI=1S/C21H17NO2S/c1-24-17-11-9-14(10-12-17)15-5-4-6-16(13-15)20(23)21-22-18-7-2-3-8-19(18)25-21/h2-13,20,23H,1H3. The average molecular weight is 347 g/mol. The molecule has 0 aliphatic heterocycles. The first-order chi connectivity index (χ1) is 12.2. The molecule has 1 N–H and O–H groups in total. The van der Waals surface area contributed by atoms with Gasteiger partial charge in [0.2, 0.25) is 0 Å². The van der Waals surface area contributed by atoms with Gasteiger partial charge in [0, 0.05) is 0 Å². The molecule has 0 saturated carbocycles. The van der Waals surface area contributed by atoms with Crippen LogP contribution in [0.5, 0.6) is 5.75 Å². The normalized spacial score (nSPS) is 12.2. The van der Waals surface area contributed by atoms with Gasteiger partial charge in [-0.05, 0) is 47.0 Å². The van der Waals surface area contributed by atoms with Crippen LogP contribution in [0.4, 0.5) is 0 Å². The number of aliphatic hydroxyl groups excluding tert-OH is 1. The van der Waals surface area contributed by atoms with E-state index in [2.05, 4.69) is 4.98 Å². The van der Waals surface area contributed by atoms with Crippen LogP contribution in [0.25, 0.3) is 21.3 Å². The van der Waals surface area contributed by atoms with Crippen molar-refractivity contribution in [2.24, 2.45) is 0 Å². The van der Waals surface area contributed by atoms with Gasteiger partial charge in [-0.25, -0.2) is 4.98 Å². The highest BCUT2D eigenvalue weighted by Gasteiger charge is 2.16. The van der Waals surface area contributed by atoms with Gasteiger partial charge in [-0.3, -0.25) is 0 Å². The van der Waals surface area contributed by atoms with Gasteiger partial charge in [-0.15, -0.1) is 11.3 Å². The number of fused-ring (bicyclic) bond motifs is 1. The Balaban J connectivity index is 1.67. The molecule has 0 bridgehead atoms. The number of para-hydroxylation sites is 1. The predicted molar refractivity (Wildman–Crippen MR) is 102 cm³/mol. The van der Waals surface area contributed by atoms with Crippen LogP contribution >= 0.6 is 11.3 Å². The third kappa shape index (κ3) is 3.14. The van der Waals surface area contributed by atoms with Crippen LogP contribution in [-0.2, 0) is 0 Å². The second-order valence-corrected chi connectivity index (χ2v) is 6.84. The minimum Gasteiger partial charge on any atom is -0.497 e. The van der Waals surface area contributed by atoms with Crippen molar-refractivity contribution in [1.29, 1.82) is 0 Å². The number of aromatic nitrogens is 1. The highest BCUT2D eigenvalue weighted by atomic mass is 32.1. The van der Waals surface area contributed by atoms with Crippen LogP contribution in [0.15, 0.2) is 72.8 Å². The van der Waals surface area contributed by atoms with Crippen molar-refractivity contribution in [3.8, 4) is 16.9 Å². The number of aliphatic hydroxyl groups is 1. The number of ether oxygens (including phenoxy) is 1. The molecule has 124 valence electrons. The molecule has 1 heterocycles. The van der Waals surface area contributed by atoms with E-state index in [1.54, 1.807) is 7.11 Å². The average Bonchev–Trinajstić information content (AvgIpc) is 3.12. The van der Waals surface area contributed by atoms with E-state index >= 15 is 0 Å². The molecule has 0 saturated heterocycles. The molecule has 0 amide bonds. The third-order valence-corrected chi connectivity index (χ3v) is 5.26. The van der Waals surface area contributed by atoms with E-state index in [4.69, 9.17) is 4.74 Å². The molecule has 25 heavy (non-hydrogen) atoms. The summed E-state index contributed by atoms with van der Waals surface area (Å²) in [5.74, 6) is 0.828. The van der Waals surface area contributed by atoms with Crippen molar-refractivity contribution >= 4 is 21.6 Å². The SMILES string of the molecule is COc1ccc(-c2cccc(C(O)c3nc4ccccc4s3)c2)cc1. The lowest BCUT2D eigenvalue weighted by molar-refractivity contribution is 0.220. The van der Waals surface area contributed by atoms with Crippen LogP contribution < -0.4 is 4.74 Å². The Bertz CT molecular complexity index is 975. The molecular weight excluding hydrogens is 330 g/mol. The zero-order chi connectivity index (χ0) is 17.2. The Morgan fingerprint density at radius 1 is 0.920 bits per heavy atom. The van der Waals surface area contributed by atoms with Crippen molar-refractivity contribution in [2.45, 2.75) is 6.10 Å². The molecule has 0 spiro atoms. The summed E-state index contributed by atoms with van der Waals surface area (Å²) in [7, 11) is 1.66. The van der Waals surface area contributed by atoms with E-state index in [-0.39, 0.29) is 0 Å². The first kappa shape index (κ1) is 15.8. The lowest BCUT2D eigenvalue weighted by Gasteiger charge is -2.10. The number of hydrogen-bond acceptors (Lipinski definition) is 4. The second-order valence-electron chi connectivity index (χ2n) is 5.78. The number of benzene rings is 3. The topological polar surface area (TPSA) is 42.4 Å². The van der Waals surface area contributed by atoms with Crippen molar-refractivity contribution < 1.29 is 9.84 Å². The lowest BCUT2D eigenvalue weighted by atomic mass is 10.0. The number of nitrogens with zero attached hydrogens (tertiary/aromatic N) is 1. The maximum absolute atomic E-state index is 10.8. The summed E-state index contributed by atoms with van der Waals surface area (Å²) >= 11 is 1.53. The molecule has 4 rings (SSSR count). The molecular formula is C21H17NO2S. The largest absolute Gasteiger partial charge is 0.497 e. The number of rotatable bonds is 4. The smallest absolute Gasteiger partial charge is 0.131 e. The van der Waals surface area contributed by atoms with E-state index in [1.165, 1.54) is 11.3 Å². The fourth-order valence-electron chi connectivity index (χ4n) is 2.82. The molecule has 4 heteroatoms. The quantitative estimate of drug-likeness (QED) is 0.561. The molecule has 0 aliphatic carbocycles. The fraction of sp³-hybridized carbons (Fsp3) is 0.0952. The second kappa shape index (κ2) is 6.67. The highest BCUT2D eigenvalue weighted by molar-refractivity contribution is 7.18. The summed E-state index contributed by atoms with van der Waals surface area (Å²) in [6.45, 7) is 0. The van der Waals surface area contributed by atoms with Crippen molar-refractivity contribution in [3.05, 3.63) is 83.4 Å². The number of thiazole rings is 1. The van der Waals surface area contributed by atoms with Crippen LogP contribution in [0, 0.1) is 0 Å². The molecule has 1 aromatic heterocycles. The van der Waals surface area contributed by atoms with E-state index < -0.39 is 6.10 Å². The third-order valence-electron chi connectivity index (χ3n) is 4.17. The van der Waals surface area contributed by atoms with Gasteiger partial charge in [0.05, 0.1) is 17.3 Å². The maximum atomic E-state index is 10.8. The van der Waals surface area contributed by atoms with Gasteiger partial charge in [-0.1, -0.05) is 42.5 Å². The van der Waals surface area contributed by atoms with Crippen LogP contribution in [-0.4, -0.2) is 17.2 Å². The summed E-state index contributed by atoms with van der Waals surface area (Å²) in [4.78, 5) is 4.57. The predicted octanol–water partition coefficient (Wildman–Crippen LogP) is 5.05. The van der Waals surface area contributed by atoms with Crippen LogP contribution in [0.2, 0.25) is 0 Å². The Labute approximate surface area is 150 Å². The van der Waals surface area contributed by atoms with Gasteiger partial charge in [0.15, 0.2) is 0 Å². The monoisotopic (exact) mass is 347 g/mol. The summed E-state index contributed by atoms with van der Waals surface area (Å²) in [6.07, 6.45) is -0.726. The van der Waals surface area contributed by atoms with E-state index in [0.29, 0.717) is 5.01 Å². The molecule has 0 fully saturated rings. The van der Waals surface area contributed by atoms with Gasteiger partial charge in [-0.2, -0.15) is 0 Å². The minimum absolute atomic E-state index is 0.716. The molecule has 1 atom stereocenters. The van der Waals surface area contributed by atoms with Gasteiger partial charge in [0.1, 0.15) is 16.9 Å². The zero-order valence-electron chi connectivity index (χ0n) is 13.7. The van der Waals surface area contributed by atoms with Crippen LogP contribution in [0.3, 0.4) is 0 Å². The summed E-state index contributed by atoms with van der Waals surface area (Å²) < 4.78 is 6.29. The van der Waals surface area contributed by atoms with Gasteiger partial charge >= 0.3 is 0 Å². The Morgan fingerprint density at radius 2 is 1.72 bits per heavy atom. The van der Waals surface area contributed by atoms with Gasteiger partial charge in [0.25, 0.3) is 0 Å². The van der Waals surface area contributed by atoms with Crippen molar-refractivity contribution in [1.82, 2.24) is 4.98 Å². The number of hydrogen-bond donors (Lipinski definition) is 1. The van der Waals surface area contributed by atoms with E-state index in [0.717, 1.165) is 32.7 Å². The lowest BCUT2D eigenvalue weighted by Crippen LogP contribution is -1.99. The Hall–Kier alpha value is -2.69. The van der Waals surface area contributed by atoms with Crippen molar-refractivity contribution in [2.75, 3.05) is 7.11 Å². The van der Waals surface area contributed by atoms with E-state index in [1.807, 2.05) is 72.8 Å². The highest BCUT2D eigenvalue weighted by Crippen LogP contribution is 2.32. The Kier molecular flexibility index (Phi) is 4.22. The fourth-order valence-corrected chi connectivity index (χ4v) is 3.80. The molecule has 3 aromatic carbocycles. The Morgan fingerprint density at radius 3 is 2.48 bits per heavy atom. The molecule has 0 aliphatic rings. The molecule has 1 unspecified atom stereocenters. The van der Waals surface area contributed by atoms with Crippen molar-refractivity contribution in [3.63, 3.8) is 0 Å². The maximum Gasteiger partial charge on any atom is 0.131 e. The summed E-state index contributed by atoms with van der Waals surface area (Å²) in [5.41, 5.74) is 3.90. The first-order valence-corrected chi connectivity index (χ1v) is 8.84.